The van der Waals surface area contributed by atoms with Gasteiger partial charge >= 0.3 is 0 Å². The fourth-order valence-corrected chi connectivity index (χ4v) is 5.25. The molecule has 0 fully saturated rings. The second-order valence-electron chi connectivity index (χ2n) is 7.61. The van der Waals surface area contributed by atoms with Crippen molar-refractivity contribution in [3.8, 4) is 0 Å². The molecule has 0 unspecified atom stereocenters. The molecule has 0 atom stereocenters. The van der Waals surface area contributed by atoms with Gasteiger partial charge in [0.2, 0.25) is 0 Å². The van der Waals surface area contributed by atoms with E-state index in [2.05, 4.69) is 24.8 Å². The van der Waals surface area contributed by atoms with Crippen molar-refractivity contribution in [3.63, 3.8) is 0 Å². The summed E-state index contributed by atoms with van der Waals surface area (Å²) in [5, 5.41) is 3.59. The van der Waals surface area contributed by atoms with Gasteiger partial charge in [0, 0.05) is 23.7 Å². The minimum Gasteiger partial charge on any atom is -0.302 e. The summed E-state index contributed by atoms with van der Waals surface area (Å²) in [6.07, 6.45) is 0. The Bertz CT molecular complexity index is 1230. The van der Waals surface area contributed by atoms with Crippen LogP contribution in [0.15, 0.2) is 54.6 Å². The van der Waals surface area contributed by atoms with Gasteiger partial charge in [0.05, 0.1) is 10.2 Å². The number of anilines is 1. The van der Waals surface area contributed by atoms with Crippen LogP contribution in [-0.4, -0.2) is 42.0 Å². The monoisotopic (exact) mass is 451 g/mol. The molecule has 1 heterocycles. The zero-order valence-corrected chi connectivity index (χ0v) is 19.6. The summed E-state index contributed by atoms with van der Waals surface area (Å²) in [5.41, 5.74) is 2.60. The predicted molar refractivity (Wildman–Crippen MR) is 133 cm³/mol. The Hall–Kier alpha value is -2.47. The van der Waals surface area contributed by atoms with Gasteiger partial charge < -0.3 is 4.90 Å². The van der Waals surface area contributed by atoms with E-state index in [1.165, 1.54) is 11.3 Å². The molecule has 4 nitrogen and oxygen atoms in total. The van der Waals surface area contributed by atoms with Crippen molar-refractivity contribution in [2.45, 2.75) is 20.8 Å². The Labute approximate surface area is 192 Å². The second kappa shape index (κ2) is 9.35. The number of thiazole rings is 1. The van der Waals surface area contributed by atoms with Crippen LogP contribution < -0.4 is 4.90 Å². The van der Waals surface area contributed by atoms with E-state index in [9.17, 15) is 4.79 Å². The average Bonchev–Trinajstić information content (AvgIpc) is 3.20. The van der Waals surface area contributed by atoms with E-state index in [-0.39, 0.29) is 5.91 Å². The van der Waals surface area contributed by atoms with Gasteiger partial charge in [-0.15, -0.1) is 0 Å². The molecule has 1 aromatic heterocycles. The molecule has 4 rings (SSSR count). The maximum Gasteiger partial charge on any atom is 0.260 e. The first-order valence-electron chi connectivity index (χ1n) is 10.6. The van der Waals surface area contributed by atoms with Crippen LogP contribution in [0.25, 0.3) is 21.0 Å². The van der Waals surface area contributed by atoms with Crippen LogP contribution in [0.2, 0.25) is 5.02 Å². The number of benzene rings is 3. The normalized spacial score (nSPS) is 11.5. The van der Waals surface area contributed by atoms with Crippen LogP contribution in [-0.2, 0) is 0 Å². The number of hydrogen-bond donors (Lipinski definition) is 0. The van der Waals surface area contributed by atoms with Gasteiger partial charge in [-0.05, 0) is 60.6 Å². The van der Waals surface area contributed by atoms with E-state index in [1.54, 1.807) is 0 Å². The number of amides is 1. The Balaban J connectivity index is 1.74. The van der Waals surface area contributed by atoms with Gasteiger partial charge in [0.25, 0.3) is 5.91 Å². The highest BCUT2D eigenvalue weighted by molar-refractivity contribution is 7.22. The maximum atomic E-state index is 13.7. The molecule has 0 spiro atoms. The van der Waals surface area contributed by atoms with Crippen molar-refractivity contribution >= 4 is 55.0 Å². The number of aryl methyl sites for hydroxylation is 1. The number of aromatic nitrogens is 1. The first-order chi connectivity index (χ1) is 15.0. The lowest BCUT2D eigenvalue weighted by Gasteiger charge is -2.25. The third kappa shape index (κ3) is 4.59. The van der Waals surface area contributed by atoms with Crippen molar-refractivity contribution in [3.05, 3.63) is 70.7 Å². The second-order valence-corrected chi connectivity index (χ2v) is 9.06. The molecule has 0 bridgehead atoms. The first-order valence-corrected chi connectivity index (χ1v) is 11.8. The predicted octanol–water partition coefficient (Wildman–Crippen LogP) is 6.40. The summed E-state index contributed by atoms with van der Waals surface area (Å²) in [4.78, 5) is 22.6. The molecule has 160 valence electrons. The highest BCUT2D eigenvalue weighted by atomic mass is 35.5. The summed E-state index contributed by atoms with van der Waals surface area (Å²) in [7, 11) is 0. The van der Waals surface area contributed by atoms with Gasteiger partial charge in [-0.1, -0.05) is 67.1 Å². The number of rotatable bonds is 7. The fourth-order valence-electron chi connectivity index (χ4n) is 3.80. The Kier molecular flexibility index (Phi) is 6.56. The zero-order valence-electron chi connectivity index (χ0n) is 18.1. The molecule has 6 heteroatoms. The van der Waals surface area contributed by atoms with E-state index in [1.807, 2.05) is 60.4 Å². The molecule has 1 amide bonds. The Morgan fingerprint density at radius 1 is 1.00 bits per heavy atom. The molecule has 0 aliphatic rings. The number of hydrogen-bond acceptors (Lipinski definition) is 4. The highest BCUT2D eigenvalue weighted by Crippen LogP contribution is 2.33. The average molecular weight is 452 g/mol. The minimum atomic E-state index is -0.0271. The van der Waals surface area contributed by atoms with Crippen LogP contribution in [0.5, 0.6) is 0 Å². The number of nitrogens with zero attached hydrogens (tertiary/aromatic N) is 3. The number of halogens is 1. The van der Waals surface area contributed by atoms with Gasteiger partial charge in [0.1, 0.15) is 0 Å². The van der Waals surface area contributed by atoms with Gasteiger partial charge in [-0.2, -0.15) is 0 Å². The number of fused-ring (bicyclic) bond motifs is 2. The molecule has 0 saturated heterocycles. The van der Waals surface area contributed by atoms with E-state index >= 15 is 0 Å². The largest absolute Gasteiger partial charge is 0.302 e. The van der Waals surface area contributed by atoms with Crippen LogP contribution in [0.4, 0.5) is 5.13 Å². The quantitative estimate of drug-likeness (QED) is 0.326. The lowest BCUT2D eigenvalue weighted by molar-refractivity contribution is 0.0984. The first kappa shape index (κ1) is 21.8. The number of carbonyl (C=O) groups excluding carboxylic acids is 1. The lowest BCUT2D eigenvalue weighted by atomic mass is 10.1. The highest BCUT2D eigenvalue weighted by Gasteiger charge is 2.22. The Morgan fingerprint density at radius 3 is 2.48 bits per heavy atom. The zero-order chi connectivity index (χ0) is 22.0. The molecular formula is C25H26ClN3OS. The van der Waals surface area contributed by atoms with E-state index < -0.39 is 0 Å². The molecule has 0 aliphatic heterocycles. The van der Waals surface area contributed by atoms with Crippen molar-refractivity contribution in [2.75, 3.05) is 31.1 Å². The third-order valence-corrected chi connectivity index (χ3v) is 6.89. The van der Waals surface area contributed by atoms with Crippen LogP contribution in [0.1, 0.15) is 29.8 Å². The molecule has 0 aliphatic carbocycles. The fraction of sp³-hybridized carbons (Fsp3) is 0.280. The smallest absolute Gasteiger partial charge is 0.260 e. The minimum absolute atomic E-state index is 0.0271. The van der Waals surface area contributed by atoms with Crippen molar-refractivity contribution in [2.24, 2.45) is 0 Å². The SMILES string of the molecule is CCN(CC)CCN(C(=O)c1ccc2ccccc2c1)c1nc2c(C)cc(Cl)cc2s1. The molecular weight excluding hydrogens is 426 g/mol. The molecule has 0 saturated carbocycles. The summed E-state index contributed by atoms with van der Waals surface area (Å²) < 4.78 is 0.999. The van der Waals surface area contributed by atoms with Crippen molar-refractivity contribution in [1.29, 1.82) is 0 Å². The van der Waals surface area contributed by atoms with Crippen molar-refractivity contribution in [1.82, 2.24) is 9.88 Å². The lowest BCUT2D eigenvalue weighted by Crippen LogP contribution is -2.38. The van der Waals surface area contributed by atoms with Gasteiger partial charge in [-0.25, -0.2) is 4.98 Å². The maximum absolute atomic E-state index is 13.7. The van der Waals surface area contributed by atoms with Crippen molar-refractivity contribution < 1.29 is 4.79 Å². The number of carbonyl (C=O) groups is 1. The summed E-state index contributed by atoms with van der Waals surface area (Å²) in [5.74, 6) is -0.0271. The van der Waals surface area contributed by atoms with Crippen LogP contribution >= 0.6 is 22.9 Å². The standard InChI is InChI=1S/C25H26ClN3OS/c1-4-28(5-2)12-13-29(25-27-23-17(3)14-21(26)16-22(23)31-25)24(30)20-11-10-18-8-6-7-9-19(18)15-20/h6-11,14-16H,4-5,12-13H2,1-3H3. The van der Waals surface area contributed by atoms with Crippen LogP contribution in [0.3, 0.4) is 0 Å². The van der Waals surface area contributed by atoms with E-state index in [0.29, 0.717) is 22.3 Å². The van der Waals surface area contributed by atoms with Gasteiger partial charge in [0.15, 0.2) is 5.13 Å². The topological polar surface area (TPSA) is 36.4 Å². The summed E-state index contributed by atoms with van der Waals surface area (Å²) in [6, 6.07) is 17.8. The summed E-state index contributed by atoms with van der Waals surface area (Å²) in [6.45, 7) is 9.56. The third-order valence-electron chi connectivity index (χ3n) is 5.65. The molecule has 0 radical (unpaired) electrons. The Morgan fingerprint density at radius 2 is 1.74 bits per heavy atom. The molecule has 4 aromatic rings. The van der Waals surface area contributed by atoms with E-state index in [4.69, 9.17) is 16.6 Å². The summed E-state index contributed by atoms with van der Waals surface area (Å²) >= 11 is 7.78. The molecule has 31 heavy (non-hydrogen) atoms. The molecule has 0 N–H and O–H groups in total. The van der Waals surface area contributed by atoms with Gasteiger partial charge in [-0.3, -0.25) is 9.69 Å². The number of likely N-dealkylation sites (N-methyl/N-ethyl adjacent to an activating group) is 1. The molecule has 3 aromatic carbocycles. The van der Waals surface area contributed by atoms with Crippen LogP contribution in [0, 0.1) is 6.92 Å². The van der Waals surface area contributed by atoms with E-state index in [0.717, 1.165) is 46.2 Å².